The van der Waals surface area contributed by atoms with Crippen LogP contribution in [0.5, 0.6) is 0 Å². The van der Waals surface area contributed by atoms with Crippen LogP contribution in [-0.2, 0) is 14.4 Å². The zero-order chi connectivity index (χ0) is 13.6. The number of hydrogen-bond donors (Lipinski definition) is 1. The SMILES string of the molecule is O=C(O)[C@H]1C[C@H]1C(=O)N1CCN(C(=O)C2CC2)CC1. The Labute approximate surface area is 111 Å². The highest BCUT2D eigenvalue weighted by Crippen LogP contribution is 2.40. The summed E-state index contributed by atoms with van der Waals surface area (Å²) in [6.45, 7) is 2.26. The van der Waals surface area contributed by atoms with Crippen LogP contribution in [0.4, 0.5) is 0 Å². The average molecular weight is 266 g/mol. The van der Waals surface area contributed by atoms with Gasteiger partial charge in [-0.05, 0) is 19.3 Å². The third kappa shape index (κ3) is 2.43. The van der Waals surface area contributed by atoms with E-state index in [1.54, 1.807) is 4.90 Å². The van der Waals surface area contributed by atoms with Crippen LogP contribution in [0.15, 0.2) is 0 Å². The van der Waals surface area contributed by atoms with Crippen molar-refractivity contribution in [2.75, 3.05) is 26.2 Å². The minimum absolute atomic E-state index is 0.0501. The van der Waals surface area contributed by atoms with Gasteiger partial charge in [0.15, 0.2) is 0 Å². The molecule has 2 aliphatic carbocycles. The lowest BCUT2D eigenvalue weighted by molar-refractivity contribution is -0.143. The van der Waals surface area contributed by atoms with Gasteiger partial charge in [0, 0.05) is 32.1 Å². The molecule has 6 heteroatoms. The molecule has 0 spiro atoms. The predicted octanol–water partition coefficient (Wildman–Crippen LogP) is -0.212. The molecule has 2 amide bonds. The molecule has 0 bridgehead atoms. The molecule has 0 aromatic rings. The van der Waals surface area contributed by atoms with E-state index in [0.29, 0.717) is 32.6 Å². The standard InChI is InChI=1S/C13H18N2O4/c16-11(8-1-2-8)14-3-5-15(6-4-14)12(17)9-7-10(9)13(18)19/h8-10H,1-7H2,(H,18,19)/t9-,10+/m1/s1. The monoisotopic (exact) mass is 266 g/mol. The van der Waals surface area contributed by atoms with Crippen molar-refractivity contribution in [3.8, 4) is 0 Å². The molecule has 0 aromatic heterocycles. The molecular formula is C13H18N2O4. The van der Waals surface area contributed by atoms with Crippen LogP contribution >= 0.6 is 0 Å². The molecule has 1 heterocycles. The third-order valence-corrected chi connectivity index (χ3v) is 4.25. The van der Waals surface area contributed by atoms with Gasteiger partial charge in [-0.25, -0.2) is 0 Å². The van der Waals surface area contributed by atoms with Crippen molar-refractivity contribution >= 4 is 17.8 Å². The largest absolute Gasteiger partial charge is 0.481 e. The van der Waals surface area contributed by atoms with Crippen molar-refractivity contribution in [2.24, 2.45) is 17.8 Å². The number of amides is 2. The van der Waals surface area contributed by atoms with E-state index in [4.69, 9.17) is 5.11 Å². The van der Waals surface area contributed by atoms with E-state index in [1.807, 2.05) is 4.90 Å². The summed E-state index contributed by atoms with van der Waals surface area (Å²) in [6, 6.07) is 0. The Morgan fingerprint density at radius 1 is 0.842 bits per heavy atom. The maximum absolute atomic E-state index is 12.1. The van der Waals surface area contributed by atoms with E-state index < -0.39 is 11.9 Å². The van der Waals surface area contributed by atoms with E-state index in [9.17, 15) is 14.4 Å². The highest BCUT2D eigenvalue weighted by Gasteiger charge is 2.50. The summed E-state index contributed by atoms with van der Waals surface area (Å²) in [4.78, 5) is 38.2. The molecular weight excluding hydrogens is 248 g/mol. The number of carbonyl (C=O) groups excluding carboxylic acids is 2. The van der Waals surface area contributed by atoms with Gasteiger partial charge in [-0.3, -0.25) is 14.4 Å². The molecule has 2 atom stereocenters. The summed E-state index contributed by atoms with van der Waals surface area (Å²) in [6.07, 6.45) is 2.47. The molecule has 0 aromatic carbocycles. The van der Waals surface area contributed by atoms with Crippen LogP contribution in [0.2, 0.25) is 0 Å². The highest BCUT2D eigenvalue weighted by molar-refractivity contribution is 5.89. The second kappa shape index (κ2) is 4.51. The Morgan fingerprint density at radius 2 is 1.37 bits per heavy atom. The molecule has 3 aliphatic rings. The van der Waals surface area contributed by atoms with Crippen LogP contribution in [0.3, 0.4) is 0 Å². The van der Waals surface area contributed by atoms with Crippen LogP contribution in [0.1, 0.15) is 19.3 Å². The fourth-order valence-corrected chi connectivity index (χ4v) is 2.71. The van der Waals surface area contributed by atoms with Gasteiger partial charge in [-0.1, -0.05) is 0 Å². The van der Waals surface area contributed by atoms with Crippen molar-refractivity contribution in [3.63, 3.8) is 0 Å². The van der Waals surface area contributed by atoms with Gasteiger partial charge in [-0.15, -0.1) is 0 Å². The number of piperazine rings is 1. The number of rotatable bonds is 3. The predicted molar refractivity (Wildman–Crippen MR) is 65.1 cm³/mol. The van der Waals surface area contributed by atoms with E-state index in [2.05, 4.69) is 0 Å². The van der Waals surface area contributed by atoms with E-state index >= 15 is 0 Å². The van der Waals surface area contributed by atoms with Gasteiger partial charge in [0.2, 0.25) is 11.8 Å². The smallest absolute Gasteiger partial charge is 0.307 e. The molecule has 1 saturated heterocycles. The third-order valence-electron chi connectivity index (χ3n) is 4.25. The highest BCUT2D eigenvalue weighted by atomic mass is 16.4. The average Bonchev–Trinajstić information content (AvgIpc) is 3.30. The molecule has 1 N–H and O–H groups in total. The Bertz CT molecular complexity index is 424. The molecule has 0 unspecified atom stereocenters. The van der Waals surface area contributed by atoms with Crippen molar-refractivity contribution < 1.29 is 19.5 Å². The molecule has 1 aliphatic heterocycles. The maximum Gasteiger partial charge on any atom is 0.307 e. The Hall–Kier alpha value is -1.59. The first-order chi connectivity index (χ1) is 9.08. The number of hydrogen-bond acceptors (Lipinski definition) is 3. The topological polar surface area (TPSA) is 77.9 Å². The van der Waals surface area contributed by atoms with Crippen molar-refractivity contribution in [1.29, 1.82) is 0 Å². The molecule has 0 radical (unpaired) electrons. The van der Waals surface area contributed by atoms with Crippen LogP contribution in [0.25, 0.3) is 0 Å². The summed E-state index contributed by atoms with van der Waals surface area (Å²) < 4.78 is 0. The van der Waals surface area contributed by atoms with Crippen LogP contribution in [0, 0.1) is 17.8 Å². The van der Waals surface area contributed by atoms with Gasteiger partial charge in [0.05, 0.1) is 11.8 Å². The Balaban J connectivity index is 1.49. The first kappa shape index (κ1) is 12.4. The van der Waals surface area contributed by atoms with E-state index in [0.717, 1.165) is 12.8 Å². The Morgan fingerprint density at radius 3 is 1.79 bits per heavy atom. The second-order valence-electron chi connectivity index (χ2n) is 5.71. The van der Waals surface area contributed by atoms with Gasteiger partial charge >= 0.3 is 5.97 Å². The van der Waals surface area contributed by atoms with Gasteiger partial charge in [0.1, 0.15) is 0 Å². The minimum Gasteiger partial charge on any atom is -0.481 e. The van der Waals surface area contributed by atoms with Crippen LogP contribution < -0.4 is 0 Å². The number of aliphatic carboxylic acids is 1. The van der Waals surface area contributed by atoms with Crippen molar-refractivity contribution in [2.45, 2.75) is 19.3 Å². The van der Waals surface area contributed by atoms with Gasteiger partial charge < -0.3 is 14.9 Å². The minimum atomic E-state index is -0.874. The van der Waals surface area contributed by atoms with Gasteiger partial charge in [0.25, 0.3) is 0 Å². The first-order valence-electron chi connectivity index (χ1n) is 6.88. The second-order valence-corrected chi connectivity index (χ2v) is 5.71. The zero-order valence-corrected chi connectivity index (χ0v) is 10.7. The van der Waals surface area contributed by atoms with Gasteiger partial charge in [-0.2, -0.15) is 0 Å². The number of carbonyl (C=O) groups is 3. The summed E-state index contributed by atoms with van der Waals surface area (Å²) in [7, 11) is 0. The first-order valence-corrected chi connectivity index (χ1v) is 6.88. The lowest BCUT2D eigenvalue weighted by Gasteiger charge is -2.35. The normalized spacial score (nSPS) is 30.1. The zero-order valence-electron chi connectivity index (χ0n) is 10.7. The number of nitrogens with zero attached hydrogens (tertiary/aromatic N) is 2. The van der Waals surface area contributed by atoms with E-state index in [1.165, 1.54) is 0 Å². The molecule has 6 nitrogen and oxygen atoms in total. The molecule has 3 rings (SSSR count). The summed E-state index contributed by atoms with van der Waals surface area (Å²) in [5.41, 5.74) is 0. The van der Waals surface area contributed by atoms with E-state index in [-0.39, 0.29) is 23.7 Å². The fourth-order valence-electron chi connectivity index (χ4n) is 2.71. The lowest BCUT2D eigenvalue weighted by atomic mass is 10.2. The number of carboxylic acid groups (broad SMARTS) is 1. The van der Waals surface area contributed by atoms with Crippen LogP contribution in [-0.4, -0.2) is 58.9 Å². The van der Waals surface area contributed by atoms with Crippen molar-refractivity contribution in [1.82, 2.24) is 9.80 Å². The summed E-state index contributed by atoms with van der Waals surface area (Å²) >= 11 is 0. The molecule has 104 valence electrons. The molecule has 19 heavy (non-hydrogen) atoms. The Kier molecular flexibility index (Phi) is 2.95. The van der Waals surface area contributed by atoms with Crippen molar-refractivity contribution in [3.05, 3.63) is 0 Å². The lowest BCUT2D eigenvalue weighted by Crippen LogP contribution is -2.51. The summed E-state index contributed by atoms with van der Waals surface area (Å²) in [5.74, 6) is -1.29. The quantitative estimate of drug-likeness (QED) is 0.766. The number of carboxylic acids is 1. The summed E-state index contributed by atoms with van der Waals surface area (Å²) in [5, 5.41) is 8.83. The molecule has 3 fully saturated rings. The fraction of sp³-hybridized carbons (Fsp3) is 0.769. The molecule has 2 saturated carbocycles. The maximum atomic E-state index is 12.1.